The van der Waals surface area contributed by atoms with Crippen LogP contribution in [0.2, 0.25) is 0 Å². The van der Waals surface area contributed by atoms with Crippen LogP contribution in [0.3, 0.4) is 0 Å². The maximum atomic E-state index is 5.82. The van der Waals surface area contributed by atoms with Crippen LogP contribution in [0.1, 0.15) is 46.0 Å². The SMILES string of the molecule is CC(C)(C=NC1CCCCC1)CCl. The van der Waals surface area contributed by atoms with Gasteiger partial charge in [0.2, 0.25) is 0 Å². The van der Waals surface area contributed by atoms with E-state index in [0.717, 1.165) is 0 Å². The lowest BCUT2D eigenvalue weighted by molar-refractivity contribution is 0.440. The van der Waals surface area contributed by atoms with E-state index in [4.69, 9.17) is 11.6 Å². The van der Waals surface area contributed by atoms with E-state index < -0.39 is 0 Å². The van der Waals surface area contributed by atoms with Crippen molar-refractivity contribution in [2.45, 2.75) is 52.0 Å². The second-order valence-corrected chi connectivity index (χ2v) is 4.96. The van der Waals surface area contributed by atoms with E-state index in [1.165, 1.54) is 32.1 Å². The van der Waals surface area contributed by atoms with Crippen LogP contribution in [0.4, 0.5) is 0 Å². The Morgan fingerprint density at radius 1 is 1.31 bits per heavy atom. The Hall–Kier alpha value is -0.0400. The molecule has 1 rings (SSSR count). The molecule has 0 aromatic rings. The molecule has 2 heteroatoms. The van der Waals surface area contributed by atoms with Crippen molar-refractivity contribution in [1.29, 1.82) is 0 Å². The zero-order valence-corrected chi connectivity index (χ0v) is 9.48. The zero-order chi connectivity index (χ0) is 9.73. The summed E-state index contributed by atoms with van der Waals surface area (Å²) in [4.78, 5) is 4.62. The summed E-state index contributed by atoms with van der Waals surface area (Å²) in [6.45, 7) is 4.26. The van der Waals surface area contributed by atoms with Gasteiger partial charge in [-0.15, -0.1) is 11.6 Å². The van der Waals surface area contributed by atoms with Crippen LogP contribution in [-0.4, -0.2) is 18.1 Å². The fourth-order valence-electron chi connectivity index (χ4n) is 1.57. The largest absolute Gasteiger partial charge is 0.294 e. The molecule has 1 fully saturated rings. The number of alkyl halides is 1. The Labute approximate surface area is 86.6 Å². The van der Waals surface area contributed by atoms with Crippen LogP contribution in [0, 0.1) is 5.41 Å². The van der Waals surface area contributed by atoms with Crippen molar-refractivity contribution in [2.75, 3.05) is 5.88 Å². The van der Waals surface area contributed by atoms with Gasteiger partial charge in [-0.05, 0) is 12.8 Å². The number of aliphatic imine (C=N–C) groups is 1. The minimum Gasteiger partial charge on any atom is -0.294 e. The van der Waals surface area contributed by atoms with Gasteiger partial charge in [0.25, 0.3) is 0 Å². The Bertz CT molecular complexity index is 169. The highest BCUT2D eigenvalue weighted by Gasteiger charge is 2.15. The molecule has 0 amide bonds. The van der Waals surface area contributed by atoms with Crippen LogP contribution in [0.15, 0.2) is 4.99 Å². The highest BCUT2D eigenvalue weighted by molar-refractivity contribution is 6.19. The third-order valence-electron chi connectivity index (χ3n) is 2.55. The molecule has 13 heavy (non-hydrogen) atoms. The summed E-state index contributed by atoms with van der Waals surface area (Å²) in [5, 5.41) is 0. The van der Waals surface area contributed by atoms with E-state index in [9.17, 15) is 0 Å². The molecule has 0 N–H and O–H groups in total. The van der Waals surface area contributed by atoms with E-state index in [2.05, 4.69) is 25.1 Å². The van der Waals surface area contributed by atoms with Crippen molar-refractivity contribution in [3.63, 3.8) is 0 Å². The van der Waals surface area contributed by atoms with Crippen LogP contribution in [0.25, 0.3) is 0 Å². The molecule has 0 aromatic carbocycles. The molecule has 0 spiro atoms. The number of rotatable bonds is 3. The highest BCUT2D eigenvalue weighted by Crippen LogP contribution is 2.21. The summed E-state index contributed by atoms with van der Waals surface area (Å²) < 4.78 is 0. The second kappa shape index (κ2) is 4.99. The molecular weight excluding hydrogens is 182 g/mol. The van der Waals surface area contributed by atoms with E-state index in [1.807, 2.05) is 0 Å². The van der Waals surface area contributed by atoms with Crippen molar-refractivity contribution in [1.82, 2.24) is 0 Å². The van der Waals surface area contributed by atoms with E-state index in [1.54, 1.807) is 0 Å². The number of nitrogens with zero attached hydrogens (tertiary/aromatic N) is 1. The summed E-state index contributed by atoms with van der Waals surface area (Å²) in [7, 11) is 0. The molecule has 0 bridgehead atoms. The Balaban J connectivity index is 2.37. The monoisotopic (exact) mass is 201 g/mol. The lowest BCUT2D eigenvalue weighted by atomic mass is 9.94. The van der Waals surface area contributed by atoms with Crippen LogP contribution < -0.4 is 0 Å². The van der Waals surface area contributed by atoms with E-state index >= 15 is 0 Å². The molecule has 0 aliphatic heterocycles. The molecule has 0 heterocycles. The fourth-order valence-corrected chi connectivity index (χ4v) is 1.64. The Morgan fingerprint density at radius 2 is 1.92 bits per heavy atom. The first-order valence-electron chi connectivity index (χ1n) is 5.24. The number of halogens is 1. The zero-order valence-electron chi connectivity index (χ0n) is 8.72. The Kier molecular flexibility index (Phi) is 4.24. The molecule has 0 atom stereocenters. The quantitative estimate of drug-likeness (QED) is 0.488. The van der Waals surface area contributed by atoms with Gasteiger partial charge in [-0.3, -0.25) is 4.99 Å². The molecule has 1 nitrogen and oxygen atoms in total. The maximum absolute atomic E-state index is 5.82. The first-order chi connectivity index (χ1) is 6.14. The second-order valence-electron chi connectivity index (χ2n) is 4.69. The van der Waals surface area contributed by atoms with Crippen molar-refractivity contribution in [2.24, 2.45) is 10.4 Å². The molecule has 1 saturated carbocycles. The first kappa shape index (κ1) is 11.0. The normalized spacial score (nSPS) is 21.2. The van der Waals surface area contributed by atoms with Crippen molar-refractivity contribution in [3.8, 4) is 0 Å². The van der Waals surface area contributed by atoms with E-state index in [0.29, 0.717) is 11.9 Å². The van der Waals surface area contributed by atoms with Gasteiger partial charge in [-0.2, -0.15) is 0 Å². The van der Waals surface area contributed by atoms with Gasteiger partial charge in [0.05, 0.1) is 0 Å². The van der Waals surface area contributed by atoms with Gasteiger partial charge in [-0.1, -0.05) is 33.1 Å². The van der Waals surface area contributed by atoms with E-state index in [-0.39, 0.29) is 5.41 Å². The average molecular weight is 202 g/mol. The van der Waals surface area contributed by atoms with Crippen LogP contribution in [-0.2, 0) is 0 Å². The van der Waals surface area contributed by atoms with Gasteiger partial charge in [0, 0.05) is 23.6 Å². The third kappa shape index (κ3) is 4.12. The molecule has 0 unspecified atom stereocenters. The maximum Gasteiger partial charge on any atom is 0.0496 e. The van der Waals surface area contributed by atoms with Crippen LogP contribution in [0.5, 0.6) is 0 Å². The molecule has 1 aliphatic carbocycles. The summed E-state index contributed by atoms with van der Waals surface area (Å²) in [6.07, 6.45) is 8.69. The lowest BCUT2D eigenvalue weighted by Crippen LogP contribution is -2.18. The van der Waals surface area contributed by atoms with Crippen molar-refractivity contribution < 1.29 is 0 Å². The van der Waals surface area contributed by atoms with Gasteiger partial charge < -0.3 is 0 Å². The van der Waals surface area contributed by atoms with Crippen molar-refractivity contribution in [3.05, 3.63) is 0 Å². The Morgan fingerprint density at radius 3 is 2.46 bits per heavy atom. The van der Waals surface area contributed by atoms with Gasteiger partial charge in [0.1, 0.15) is 0 Å². The van der Waals surface area contributed by atoms with Gasteiger partial charge in [-0.25, -0.2) is 0 Å². The summed E-state index contributed by atoms with van der Waals surface area (Å²) in [6, 6.07) is 0.580. The molecular formula is C11H20ClN. The van der Waals surface area contributed by atoms with Crippen LogP contribution >= 0.6 is 11.6 Å². The summed E-state index contributed by atoms with van der Waals surface area (Å²) in [5.41, 5.74) is 0.0685. The summed E-state index contributed by atoms with van der Waals surface area (Å²) >= 11 is 5.82. The molecule has 0 saturated heterocycles. The molecule has 0 radical (unpaired) electrons. The predicted octanol–water partition coefficient (Wildman–Crippen LogP) is 3.65. The molecule has 76 valence electrons. The van der Waals surface area contributed by atoms with Gasteiger partial charge in [0.15, 0.2) is 0 Å². The molecule has 0 aromatic heterocycles. The first-order valence-corrected chi connectivity index (χ1v) is 5.78. The smallest absolute Gasteiger partial charge is 0.0496 e. The molecule has 1 aliphatic rings. The lowest BCUT2D eigenvalue weighted by Gasteiger charge is -2.20. The number of hydrogen-bond donors (Lipinski definition) is 0. The highest BCUT2D eigenvalue weighted by atomic mass is 35.5. The fraction of sp³-hybridized carbons (Fsp3) is 0.909. The predicted molar refractivity (Wildman–Crippen MR) is 59.9 cm³/mol. The minimum atomic E-state index is 0.0685. The van der Waals surface area contributed by atoms with Gasteiger partial charge >= 0.3 is 0 Å². The third-order valence-corrected chi connectivity index (χ3v) is 3.24. The standard InChI is InChI=1S/C11H20ClN/c1-11(2,8-12)9-13-10-6-4-3-5-7-10/h9-10H,3-8H2,1-2H3. The summed E-state index contributed by atoms with van der Waals surface area (Å²) in [5.74, 6) is 0.656. The topological polar surface area (TPSA) is 12.4 Å². The average Bonchev–Trinajstić information content (AvgIpc) is 2.17. The van der Waals surface area contributed by atoms with Crippen molar-refractivity contribution >= 4 is 17.8 Å². The number of hydrogen-bond acceptors (Lipinski definition) is 1. The minimum absolute atomic E-state index is 0.0685.